The second-order valence-electron chi connectivity index (χ2n) is 4.98. The fraction of sp³-hybridized carbons (Fsp3) is 0. The van der Waals surface area contributed by atoms with E-state index < -0.39 is 0 Å². The van der Waals surface area contributed by atoms with E-state index >= 15 is 0 Å². The molecule has 0 aliphatic heterocycles. The Bertz CT molecular complexity index is 949. The maximum atomic E-state index is 12.4. The zero-order valence-electron chi connectivity index (χ0n) is 11.2. The molecule has 0 saturated carbocycles. The van der Waals surface area contributed by atoms with Crippen LogP contribution in [0.1, 0.15) is 10.4 Å². The van der Waals surface area contributed by atoms with Gasteiger partial charge in [0.25, 0.3) is 5.91 Å². The number of carbonyl (C=O) groups excluding carboxylic acids is 1. The van der Waals surface area contributed by atoms with Crippen molar-refractivity contribution in [1.82, 2.24) is 9.97 Å². The molecule has 0 fully saturated rings. The number of benzene rings is 2. The average Bonchev–Trinajstić information content (AvgIpc) is 3.13. The van der Waals surface area contributed by atoms with Crippen LogP contribution in [0.3, 0.4) is 0 Å². The topological polar surface area (TPSA) is 60.7 Å². The third-order valence-electron chi connectivity index (χ3n) is 3.65. The second kappa shape index (κ2) is 4.52. The van der Waals surface area contributed by atoms with Crippen molar-refractivity contribution in [1.29, 1.82) is 0 Å². The first-order valence-corrected chi connectivity index (χ1v) is 6.76. The lowest BCUT2D eigenvalue weighted by atomic mass is 10.1. The van der Waals surface area contributed by atoms with Crippen LogP contribution in [0.4, 0.5) is 5.69 Å². The van der Waals surface area contributed by atoms with Crippen LogP contribution in [0.25, 0.3) is 21.8 Å². The van der Waals surface area contributed by atoms with E-state index in [1.54, 1.807) is 0 Å². The molecule has 0 aliphatic rings. The molecule has 2 heterocycles. The molecule has 1 amide bonds. The minimum Gasteiger partial charge on any atom is -0.361 e. The van der Waals surface area contributed by atoms with Gasteiger partial charge in [0, 0.05) is 34.4 Å². The standard InChI is InChI=1S/C17H13N3O/c21-17(12-6-5-11-7-8-18-15(11)9-12)20-16-10-19-14-4-2-1-3-13(14)16/h1-10,18-19H,(H,20,21). The number of amides is 1. The SMILES string of the molecule is O=C(Nc1c[nH]c2ccccc12)c1ccc2cc[nH]c2c1. The summed E-state index contributed by atoms with van der Waals surface area (Å²) in [6, 6.07) is 15.5. The predicted molar refractivity (Wildman–Crippen MR) is 84.6 cm³/mol. The summed E-state index contributed by atoms with van der Waals surface area (Å²) in [5.74, 6) is -0.115. The zero-order valence-corrected chi connectivity index (χ0v) is 11.2. The molecule has 0 unspecified atom stereocenters. The number of carbonyl (C=O) groups is 1. The van der Waals surface area contributed by atoms with Gasteiger partial charge in [0.2, 0.25) is 0 Å². The summed E-state index contributed by atoms with van der Waals surface area (Å²) >= 11 is 0. The first-order valence-electron chi connectivity index (χ1n) is 6.76. The number of hydrogen-bond acceptors (Lipinski definition) is 1. The molecule has 0 radical (unpaired) electrons. The quantitative estimate of drug-likeness (QED) is 0.510. The van der Waals surface area contributed by atoms with Crippen molar-refractivity contribution in [3.8, 4) is 0 Å². The maximum absolute atomic E-state index is 12.4. The Morgan fingerprint density at radius 1 is 0.952 bits per heavy atom. The number of rotatable bonds is 2. The monoisotopic (exact) mass is 275 g/mol. The number of H-pyrrole nitrogens is 2. The first kappa shape index (κ1) is 11.8. The molecule has 4 nitrogen and oxygen atoms in total. The van der Waals surface area contributed by atoms with E-state index in [-0.39, 0.29) is 5.91 Å². The highest BCUT2D eigenvalue weighted by molar-refractivity contribution is 6.10. The lowest BCUT2D eigenvalue weighted by molar-refractivity contribution is 0.102. The van der Waals surface area contributed by atoms with Crippen LogP contribution in [-0.4, -0.2) is 15.9 Å². The molecule has 0 spiro atoms. The Morgan fingerprint density at radius 3 is 2.81 bits per heavy atom. The van der Waals surface area contributed by atoms with Gasteiger partial charge < -0.3 is 15.3 Å². The zero-order chi connectivity index (χ0) is 14.2. The van der Waals surface area contributed by atoms with Crippen LogP contribution in [0.5, 0.6) is 0 Å². The van der Waals surface area contributed by atoms with Crippen molar-refractivity contribution in [2.75, 3.05) is 5.32 Å². The Hall–Kier alpha value is -3.01. The lowest BCUT2D eigenvalue weighted by Gasteiger charge is -2.04. The van der Waals surface area contributed by atoms with E-state index in [4.69, 9.17) is 0 Å². The van der Waals surface area contributed by atoms with Gasteiger partial charge in [-0.1, -0.05) is 24.3 Å². The van der Waals surface area contributed by atoms with Crippen molar-refractivity contribution in [3.05, 3.63) is 66.5 Å². The summed E-state index contributed by atoms with van der Waals surface area (Å²) in [5, 5.41) is 5.06. The summed E-state index contributed by atoms with van der Waals surface area (Å²) in [4.78, 5) is 18.6. The number of nitrogens with one attached hydrogen (secondary N) is 3. The van der Waals surface area contributed by atoms with Crippen molar-refractivity contribution in [3.63, 3.8) is 0 Å². The van der Waals surface area contributed by atoms with Gasteiger partial charge in [-0.05, 0) is 29.7 Å². The van der Waals surface area contributed by atoms with Gasteiger partial charge in [0.1, 0.15) is 0 Å². The highest BCUT2D eigenvalue weighted by Gasteiger charge is 2.10. The molecular formula is C17H13N3O. The van der Waals surface area contributed by atoms with E-state index in [0.717, 1.165) is 27.5 Å². The van der Waals surface area contributed by atoms with E-state index in [0.29, 0.717) is 5.56 Å². The highest BCUT2D eigenvalue weighted by Crippen LogP contribution is 2.23. The molecule has 4 aromatic rings. The van der Waals surface area contributed by atoms with Crippen LogP contribution in [0.2, 0.25) is 0 Å². The molecule has 0 saturated heterocycles. The predicted octanol–water partition coefficient (Wildman–Crippen LogP) is 3.90. The van der Waals surface area contributed by atoms with E-state index in [1.165, 1.54) is 0 Å². The molecule has 0 aliphatic carbocycles. The molecule has 2 aromatic carbocycles. The largest absolute Gasteiger partial charge is 0.361 e. The summed E-state index contributed by atoms with van der Waals surface area (Å²) in [6.07, 6.45) is 3.68. The molecule has 4 rings (SSSR count). The number of aromatic nitrogens is 2. The number of aromatic amines is 2. The van der Waals surface area contributed by atoms with Crippen molar-refractivity contribution < 1.29 is 4.79 Å². The van der Waals surface area contributed by atoms with Crippen molar-refractivity contribution >= 4 is 33.4 Å². The summed E-state index contributed by atoms with van der Waals surface area (Å²) in [7, 11) is 0. The number of anilines is 1. The maximum Gasteiger partial charge on any atom is 0.255 e. The highest BCUT2D eigenvalue weighted by atomic mass is 16.1. The summed E-state index contributed by atoms with van der Waals surface area (Å²) in [5.41, 5.74) is 3.40. The second-order valence-corrected chi connectivity index (χ2v) is 4.98. The lowest BCUT2D eigenvalue weighted by Crippen LogP contribution is -2.11. The Labute approximate surface area is 120 Å². The molecular weight excluding hydrogens is 262 g/mol. The molecule has 3 N–H and O–H groups in total. The normalized spacial score (nSPS) is 11.0. The van der Waals surface area contributed by atoms with Crippen LogP contribution < -0.4 is 5.32 Å². The van der Waals surface area contributed by atoms with Gasteiger partial charge in [0.05, 0.1) is 5.69 Å². The summed E-state index contributed by atoms with van der Waals surface area (Å²) < 4.78 is 0. The molecule has 21 heavy (non-hydrogen) atoms. The van der Waals surface area contributed by atoms with Crippen LogP contribution in [0, 0.1) is 0 Å². The fourth-order valence-corrected chi connectivity index (χ4v) is 2.56. The number of fused-ring (bicyclic) bond motifs is 2. The van der Waals surface area contributed by atoms with Crippen molar-refractivity contribution in [2.45, 2.75) is 0 Å². The minimum absolute atomic E-state index is 0.115. The van der Waals surface area contributed by atoms with Gasteiger partial charge in [-0.3, -0.25) is 4.79 Å². The van der Waals surface area contributed by atoms with Crippen LogP contribution in [0.15, 0.2) is 60.9 Å². The van der Waals surface area contributed by atoms with E-state index in [2.05, 4.69) is 15.3 Å². The van der Waals surface area contributed by atoms with Gasteiger partial charge >= 0.3 is 0 Å². The van der Waals surface area contributed by atoms with Crippen molar-refractivity contribution in [2.24, 2.45) is 0 Å². The van der Waals surface area contributed by atoms with Gasteiger partial charge in [-0.15, -0.1) is 0 Å². The first-order chi connectivity index (χ1) is 10.3. The molecule has 0 atom stereocenters. The number of hydrogen-bond donors (Lipinski definition) is 3. The van der Waals surface area contributed by atoms with Gasteiger partial charge in [-0.25, -0.2) is 0 Å². The van der Waals surface area contributed by atoms with E-state index in [9.17, 15) is 4.79 Å². The Balaban J connectivity index is 1.68. The van der Waals surface area contributed by atoms with Crippen LogP contribution in [-0.2, 0) is 0 Å². The smallest absolute Gasteiger partial charge is 0.255 e. The Kier molecular flexibility index (Phi) is 2.54. The molecule has 102 valence electrons. The summed E-state index contributed by atoms with van der Waals surface area (Å²) in [6.45, 7) is 0. The van der Waals surface area contributed by atoms with Gasteiger partial charge in [0.15, 0.2) is 0 Å². The molecule has 2 aromatic heterocycles. The third-order valence-corrected chi connectivity index (χ3v) is 3.65. The molecule has 0 bridgehead atoms. The molecule has 4 heteroatoms. The number of para-hydroxylation sites is 1. The van der Waals surface area contributed by atoms with E-state index in [1.807, 2.05) is 60.9 Å². The fourth-order valence-electron chi connectivity index (χ4n) is 2.56. The van der Waals surface area contributed by atoms with Gasteiger partial charge in [-0.2, -0.15) is 0 Å². The third kappa shape index (κ3) is 1.97. The average molecular weight is 275 g/mol. The Morgan fingerprint density at radius 2 is 1.86 bits per heavy atom. The van der Waals surface area contributed by atoms with Crippen LogP contribution >= 0.6 is 0 Å². The minimum atomic E-state index is -0.115.